The number of aromatic nitrogens is 1. The topological polar surface area (TPSA) is 80.5 Å². The number of fused-ring (bicyclic) bond motifs is 1. The molecule has 1 amide bonds. The van der Waals surface area contributed by atoms with E-state index < -0.39 is 5.60 Å². The van der Waals surface area contributed by atoms with E-state index in [9.17, 15) is 4.79 Å². The highest BCUT2D eigenvalue weighted by Crippen LogP contribution is 2.37. The fourth-order valence-electron chi connectivity index (χ4n) is 3.80. The summed E-state index contributed by atoms with van der Waals surface area (Å²) < 4.78 is 5.45. The molecule has 1 aliphatic rings. The fourth-order valence-corrected chi connectivity index (χ4v) is 4.13. The van der Waals surface area contributed by atoms with E-state index in [1.807, 2.05) is 52.0 Å². The van der Waals surface area contributed by atoms with Gasteiger partial charge in [0, 0.05) is 46.3 Å². The van der Waals surface area contributed by atoms with E-state index in [4.69, 9.17) is 22.1 Å². The van der Waals surface area contributed by atoms with Crippen molar-refractivity contribution >= 4 is 40.0 Å². The second-order valence-electron chi connectivity index (χ2n) is 9.01. The van der Waals surface area contributed by atoms with Gasteiger partial charge in [-0.1, -0.05) is 23.7 Å². The van der Waals surface area contributed by atoms with Gasteiger partial charge in [-0.05, 0) is 63.1 Å². The van der Waals surface area contributed by atoms with Gasteiger partial charge in [0.15, 0.2) is 0 Å². The van der Waals surface area contributed by atoms with Crippen LogP contribution in [-0.2, 0) is 4.74 Å². The van der Waals surface area contributed by atoms with Crippen LogP contribution in [0, 0.1) is 6.92 Å². The second-order valence-corrected chi connectivity index (χ2v) is 9.42. The predicted molar refractivity (Wildman–Crippen MR) is 127 cm³/mol. The molecule has 2 aromatic carbocycles. The molecule has 3 aromatic rings. The van der Waals surface area contributed by atoms with Gasteiger partial charge in [0.1, 0.15) is 11.4 Å². The van der Waals surface area contributed by atoms with E-state index in [1.54, 1.807) is 11.1 Å². The smallest absolute Gasteiger partial charge is 0.410 e. The molecule has 0 atom stereocenters. The van der Waals surface area contributed by atoms with Crippen LogP contribution < -0.4 is 11.1 Å². The zero-order valence-electron chi connectivity index (χ0n) is 18.2. The lowest BCUT2D eigenvalue weighted by Gasteiger charge is -2.40. The molecule has 2 heterocycles. The second kappa shape index (κ2) is 7.93. The van der Waals surface area contributed by atoms with E-state index >= 15 is 0 Å². The largest absolute Gasteiger partial charge is 0.444 e. The molecule has 1 fully saturated rings. The van der Waals surface area contributed by atoms with Gasteiger partial charge in [-0.3, -0.25) is 0 Å². The number of likely N-dealkylation sites (tertiary alicyclic amines) is 1. The lowest BCUT2D eigenvalue weighted by molar-refractivity contribution is 0.0105. The van der Waals surface area contributed by atoms with Gasteiger partial charge in [0.2, 0.25) is 0 Å². The molecular weight excluding hydrogens is 412 g/mol. The number of nitrogen functional groups attached to an aromatic ring is 1. The lowest BCUT2D eigenvalue weighted by atomic mass is 9.96. The van der Waals surface area contributed by atoms with Gasteiger partial charge in [0.05, 0.1) is 6.04 Å². The van der Waals surface area contributed by atoms with Crippen LogP contribution in [-0.4, -0.2) is 40.7 Å². The van der Waals surface area contributed by atoms with Crippen LogP contribution in [0.25, 0.3) is 21.9 Å². The molecule has 31 heavy (non-hydrogen) atoms. The lowest BCUT2D eigenvalue weighted by Crippen LogP contribution is -2.57. The molecule has 1 aliphatic heterocycles. The van der Waals surface area contributed by atoms with Crippen molar-refractivity contribution in [3.63, 3.8) is 0 Å². The van der Waals surface area contributed by atoms with Crippen molar-refractivity contribution in [3.8, 4) is 11.1 Å². The predicted octanol–water partition coefficient (Wildman–Crippen LogP) is 5.48. The number of rotatable bonds is 3. The minimum atomic E-state index is -0.503. The first-order valence-corrected chi connectivity index (χ1v) is 10.7. The first-order valence-electron chi connectivity index (χ1n) is 10.3. The van der Waals surface area contributed by atoms with Crippen LogP contribution >= 0.6 is 11.6 Å². The average Bonchev–Trinajstić information content (AvgIpc) is 2.63. The van der Waals surface area contributed by atoms with E-state index in [0.717, 1.165) is 33.2 Å². The summed E-state index contributed by atoms with van der Waals surface area (Å²) >= 11 is 6.53. The number of nitrogens with one attached hydrogen (secondary N) is 1. The van der Waals surface area contributed by atoms with Crippen molar-refractivity contribution in [1.82, 2.24) is 9.88 Å². The Morgan fingerprint density at radius 2 is 2.00 bits per heavy atom. The summed E-state index contributed by atoms with van der Waals surface area (Å²) in [6.07, 6.45) is 1.49. The molecule has 3 N–H and O–H groups in total. The van der Waals surface area contributed by atoms with Gasteiger partial charge < -0.3 is 20.7 Å². The van der Waals surface area contributed by atoms with Crippen molar-refractivity contribution in [2.45, 2.75) is 39.3 Å². The Kier molecular flexibility index (Phi) is 5.43. The number of aryl methyl sites for hydroxylation is 1. The number of halogens is 1. The third kappa shape index (κ3) is 4.54. The standard InChI is InChI=1S/C24H27ClN4O2/c1-14-6-5-7-19(25)22(14)15-8-16-11-27-21(26)10-18(16)20(9-15)28-17-12-29(13-17)23(30)31-24(2,3)4/h5-11,17,28H,12-13H2,1-4H3,(H2,26,27). The van der Waals surface area contributed by atoms with Gasteiger partial charge in [0.25, 0.3) is 0 Å². The molecule has 0 radical (unpaired) electrons. The Hall–Kier alpha value is -2.99. The maximum atomic E-state index is 12.2. The van der Waals surface area contributed by atoms with Gasteiger partial charge in [-0.2, -0.15) is 0 Å². The van der Waals surface area contributed by atoms with E-state index in [2.05, 4.69) is 22.4 Å². The Morgan fingerprint density at radius 1 is 1.26 bits per heavy atom. The first-order chi connectivity index (χ1) is 14.6. The SMILES string of the molecule is Cc1cccc(Cl)c1-c1cc(NC2CN(C(=O)OC(C)(C)C)C2)c2cc(N)ncc2c1. The molecule has 162 valence electrons. The van der Waals surface area contributed by atoms with Crippen molar-refractivity contribution in [1.29, 1.82) is 0 Å². The average molecular weight is 439 g/mol. The number of benzene rings is 2. The van der Waals surface area contributed by atoms with E-state index in [1.165, 1.54) is 0 Å². The van der Waals surface area contributed by atoms with Crippen molar-refractivity contribution in [2.24, 2.45) is 0 Å². The number of carbonyl (C=O) groups excluding carboxylic acids is 1. The van der Waals surface area contributed by atoms with Crippen LogP contribution in [0.4, 0.5) is 16.3 Å². The summed E-state index contributed by atoms with van der Waals surface area (Å²) in [6.45, 7) is 8.80. The zero-order chi connectivity index (χ0) is 22.3. The fraction of sp³-hybridized carbons (Fsp3) is 0.333. The monoisotopic (exact) mass is 438 g/mol. The zero-order valence-corrected chi connectivity index (χ0v) is 19.0. The number of carbonyl (C=O) groups is 1. The Balaban J connectivity index is 1.63. The van der Waals surface area contributed by atoms with Crippen molar-refractivity contribution in [2.75, 3.05) is 24.1 Å². The van der Waals surface area contributed by atoms with Crippen LogP contribution in [0.15, 0.2) is 42.6 Å². The highest BCUT2D eigenvalue weighted by Gasteiger charge is 2.34. The molecular formula is C24H27ClN4O2. The number of ether oxygens (including phenoxy) is 1. The molecule has 6 nitrogen and oxygen atoms in total. The quantitative estimate of drug-likeness (QED) is 0.566. The molecule has 4 rings (SSSR count). The normalized spacial score (nSPS) is 14.4. The number of hydrogen-bond donors (Lipinski definition) is 2. The summed E-state index contributed by atoms with van der Waals surface area (Å²) in [5, 5.41) is 6.22. The van der Waals surface area contributed by atoms with Crippen LogP contribution in [0.3, 0.4) is 0 Å². The molecule has 1 saturated heterocycles. The molecule has 0 bridgehead atoms. The summed E-state index contributed by atoms with van der Waals surface area (Å²) in [7, 11) is 0. The Morgan fingerprint density at radius 3 is 2.68 bits per heavy atom. The van der Waals surface area contributed by atoms with Gasteiger partial charge in [-0.15, -0.1) is 0 Å². The van der Waals surface area contributed by atoms with Crippen LogP contribution in [0.5, 0.6) is 0 Å². The van der Waals surface area contributed by atoms with Crippen molar-refractivity contribution in [3.05, 3.63) is 53.2 Å². The highest BCUT2D eigenvalue weighted by molar-refractivity contribution is 6.33. The minimum Gasteiger partial charge on any atom is -0.444 e. The van der Waals surface area contributed by atoms with E-state index in [-0.39, 0.29) is 12.1 Å². The highest BCUT2D eigenvalue weighted by atomic mass is 35.5. The van der Waals surface area contributed by atoms with E-state index in [0.29, 0.717) is 23.9 Å². The number of nitrogens with two attached hydrogens (primary N) is 1. The molecule has 0 saturated carbocycles. The number of anilines is 2. The molecule has 0 spiro atoms. The minimum absolute atomic E-state index is 0.118. The number of hydrogen-bond acceptors (Lipinski definition) is 5. The molecule has 0 unspecified atom stereocenters. The van der Waals surface area contributed by atoms with Gasteiger partial charge >= 0.3 is 6.09 Å². The Bertz CT molecular complexity index is 1130. The maximum absolute atomic E-state index is 12.2. The first kappa shape index (κ1) is 21.2. The molecule has 7 heteroatoms. The summed E-state index contributed by atoms with van der Waals surface area (Å²) in [5.74, 6) is 0.459. The Labute approximate surface area is 187 Å². The number of nitrogens with zero attached hydrogens (tertiary/aromatic N) is 2. The molecule has 1 aromatic heterocycles. The van der Waals surface area contributed by atoms with Crippen LogP contribution in [0.1, 0.15) is 26.3 Å². The summed E-state index contributed by atoms with van der Waals surface area (Å²) in [6, 6.07) is 12.0. The molecule has 0 aliphatic carbocycles. The summed E-state index contributed by atoms with van der Waals surface area (Å²) in [5.41, 5.74) is 9.50. The van der Waals surface area contributed by atoms with Crippen LogP contribution in [0.2, 0.25) is 5.02 Å². The number of pyridine rings is 1. The number of amides is 1. The third-order valence-corrected chi connectivity index (χ3v) is 5.58. The third-order valence-electron chi connectivity index (χ3n) is 5.26. The van der Waals surface area contributed by atoms with Gasteiger partial charge in [-0.25, -0.2) is 9.78 Å². The maximum Gasteiger partial charge on any atom is 0.410 e. The summed E-state index contributed by atoms with van der Waals surface area (Å²) in [4.78, 5) is 18.2. The van der Waals surface area contributed by atoms with Crippen molar-refractivity contribution < 1.29 is 9.53 Å².